The van der Waals surface area contributed by atoms with Gasteiger partial charge in [-0.25, -0.2) is 4.98 Å². The average molecular weight is 225 g/mol. The molecule has 14 heavy (non-hydrogen) atoms. The molecule has 0 saturated heterocycles. The number of hydrogen-bond donors (Lipinski definition) is 1. The van der Waals surface area contributed by atoms with Crippen molar-refractivity contribution in [2.24, 2.45) is 5.73 Å². The van der Waals surface area contributed by atoms with Crippen LogP contribution in [0.4, 0.5) is 0 Å². The molecule has 0 radical (unpaired) electrons. The number of hydrogen-bond acceptors (Lipinski definition) is 5. The van der Waals surface area contributed by atoms with Gasteiger partial charge in [-0.15, -0.1) is 22.7 Å². The highest BCUT2D eigenvalue weighted by Gasteiger charge is 2.07. The second kappa shape index (κ2) is 4.16. The molecule has 2 N–H and O–H groups in total. The van der Waals surface area contributed by atoms with Crippen LogP contribution in [0.25, 0.3) is 9.88 Å². The summed E-state index contributed by atoms with van der Waals surface area (Å²) in [5, 5.41) is 3.11. The first-order valence-corrected chi connectivity index (χ1v) is 6.10. The molecule has 0 aliphatic carbocycles. The van der Waals surface area contributed by atoms with Crippen molar-refractivity contribution in [1.29, 1.82) is 0 Å². The van der Waals surface area contributed by atoms with Crippen LogP contribution < -0.4 is 5.73 Å². The molecule has 2 aromatic rings. The summed E-state index contributed by atoms with van der Waals surface area (Å²) >= 11 is 3.27. The molecule has 74 valence electrons. The Morgan fingerprint density at radius 3 is 3.00 bits per heavy atom. The van der Waals surface area contributed by atoms with E-state index in [2.05, 4.69) is 15.3 Å². The van der Waals surface area contributed by atoms with E-state index in [0.29, 0.717) is 0 Å². The van der Waals surface area contributed by atoms with Gasteiger partial charge in [-0.2, -0.15) is 0 Å². The third-order valence-electron chi connectivity index (χ3n) is 1.73. The van der Waals surface area contributed by atoms with Crippen molar-refractivity contribution in [2.75, 3.05) is 0 Å². The summed E-state index contributed by atoms with van der Waals surface area (Å²) in [6.07, 6.45) is 2.69. The maximum absolute atomic E-state index is 5.71. The minimum atomic E-state index is 0.173. The highest BCUT2D eigenvalue weighted by Crippen LogP contribution is 2.26. The molecule has 0 aliphatic rings. The van der Waals surface area contributed by atoms with Crippen molar-refractivity contribution in [3.8, 4) is 9.88 Å². The molecular weight excluding hydrogens is 214 g/mol. The van der Waals surface area contributed by atoms with E-state index in [9.17, 15) is 0 Å². The zero-order chi connectivity index (χ0) is 9.97. The Hall–Kier alpha value is -0.780. The number of thiazole rings is 2. The molecule has 0 aromatic carbocycles. The number of nitrogens with two attached hydrogens (primary N) is 1. The second-order valence-corrected chi connectivity index (χ2v) is 4.94. The van der Waals surface area contributed by atoms with Crippen LogP contribution >= 0.6 is 22.7 Å². The van der Waals surface area contributed by atoms with E-state index in [-0.39, 0.29) is 6.04 Å². The summed E-state index contributed by atoms with van der Waals surface area (Å²) in [4.78, 5) is 9.66. The molecule has 0 aliphatic heterocycles. The van der Waals surface area contributed by atoms with Crippen molar-refractivity contribution < 1.29 is 0 Å². The Morgan fingerprint density at radius 1 is 1.50 bits per heavy atom. The molecule has 0 saturated carbocycles. The largest absolute Gasteiger partial charge is 0.328 e. The fourth-order valence-corrected chi connectivity index (χ4v) is 2.69. The molecule has 2 heterocycles. The lowest BCUT2D eigenvalue weighted by Gasteiger charge is -1.99. The quantitative estimate of drug-likeness (QED) is 0.871. The first-order chi connectivity index (χ1) is 6.75. The monoisotopic (exact) mass is 225 g/mol. The van der Waals surface area contributed by atoms with E-state index in [1.54, 1.807) is 22.7 Å². The van der Waals surface area contributed by atoms with E-state index >= 15 is 0 Å². The highest BCUT2D eigenvalue weighted by atomic mass is 32.1. The lowest BCUT2D eigenvalue weighted by atomic mass is 10.2. The van der Waals surface area contributed by atoms with Gasteiger partial charge in [0.15, 0.2) is 0 Å². The third kappa shape index (κ3) is 2.17. The van der Waals surface area contributed by atoms with E-state index in [4.69, 9.17) is 5.73 Å². The molecule has 0 fully saturated rings. The van der Waals surface area contributed by atoms with Crippen LogP contribution in [0, 0.1) is 0 Å². The van der Waals surface area contributed by atoms with E-state index in [1.165, 1.54) is 0 Å². The summed E-state index contributed by atoms with van der Waals surface area (Å²) in [6.45, 7) is 1.99. The molecule has 5 heteroatoms. The van der Waals surface area contributed by atoms with Crippen LogP contribution in [0.3, 0.4) is 0 Å². The molecule has 0 bridgehead atoms. The highest BCUT2D eigenvalue weighted by molar-refractivity contribution is 7.19. The molecule has 2 rings (SSSR count). The zero-order valence-electron chi connectivity index (χ0n) is 7.80. The van der Waals surface area contributed by atoms with Crippen molar-refractivity contribution in [3.05, 3.63) is 22.8 Å². The van der Waals surface area contributed by atoms with Crippen molar-refractivity contribution >= 4 is 22.7 Å². The fourth-order valence-electron chi connectivity index (χ4n) is 1.17. The third-order valence-corrected chi connectivity index (χ3v) is 3.56. The Labute approximate surface area is 90.6 Å². The smallest absolute Gasteiger partial charge is 0.135 e. The molecule has 3 nitrogen and oxygen atoms in total. The first kappa shape index (κ1) is 9.76. The van der Waals surface area contributed by atoms with Gasteiger partial charge in [-0.3, -0.25) is 4.98 Å². The molecule has 0 amide bonds. The maximum atomic E-state index is 5.71. The second-order valence-electron chi connectivity index (χ2n) is 3.19. The van der Waals surface area contributed by atoms with E-state index in [1.807, 2.05) is 18.6 Å². The van der Waals surface area contributed by atoms with Crippen molar-refractivity contribution in [3.63, 3.8) is 0 Å². The normalized spacial score (nSPS) is 13.0. The van der Waals surface area contributed by atoms with Gasteiger partial charge in [0.05, 0.1) is 16.1 Å². The van der Waals surface area contributed by atoms with E-state index < -0.39 is 0 Å². The maximum Gasteiger partial charge on any atom is 0.135 e. The van der Waals surface area contributed by atoms with Gasteiger partial charge < -0.3 is 5.73 Å². The van der Waals surface area contributed by atoms with Crippen LogP contribution in [0.1, 0.15) is 12.6 Å². The predicted octanol–water partition coefficient (Wildman–Crippen LogP) is 2.16. The zero-order valence-corrected chi connectivity index (χ0v) is 9.44. The van der Waals surface area contributed by atoms with Gasteiger partial charge in [0.1, 0.15) is 5.01 Å². The summed E-state index contributed by atoms with van der Waals surface area (Å²) in [7, 11) is 0. The van der Waals surface area contributed by atoms with Crippen molar-refractivity contribution in [2.45, 2.75) is 19.4 Å². The molecular formula is C9H11N3S2. The SMILES string of the molecule is CC(N)Cc1csc(-c2cncs2)n1. The van der Waals surface area contributed by atoms with Crippen molar-refractivity contribution in [1.82, 2.24) is 9.97 Å². The standard InChI is InChI=1S/C9H11N3S2/c1-6(10)2-7-4-13-9(12-7)8-3-11-5-14-8/h3-6H,2,10H2,1H3. The van der Waals surface area contributed by atoms with Gasteiger partial charge in [0, 0.05) is 24.0 Å². The Bertz CT molecular complexity index is 392. The summed E-state index contributed by atoms with van der Waals surface area (Å²) in [5.41, 5.74) is 8.61. The fraction of sp³-hybridized carbons (Fsp3) is 0.333. The van der Waals surface area contributed by atoms with Crippen LogP contribution in [0.5, 0.6) is 0 Å². The predicted molar refractivity (Wildman–Crippen MR) is 60.6 cm³/mol. The van der Waals surface area contributed by atoms with Crippen LogP contribution in [-0.2, 0) is 6.42 Å². The summed E-state index contributed by atoms with van der Waals surface area (Å²) in [6, 6.07) is 0.173. The topological polar surface area (TPSA) is 51.8 Å². The van der Waals surface area contributed by atoms with Gasteiger partial charge >= 0.3 is 0 Å². The number of nitrogens with zero attached hydrogens (tertiary/aromatic N) is 2. The van der Waals surface area contributed by atoms with Gasteiger partial charge in [-0.1, -0.05) is 0 Å². The molecule has 1 atom stereocenters. The number of rotatable bonds is 3. The Kier molecular flexibility index (Phi) is 2.90. The summed E-state index contributed by atoms with van der Waals surface area (Å²) in [5.74, 6) is 0. The minimum absolute atomic E-state index is 0.173. The van der Waals surface area contributed by atoms with Crippen LogP contribution in [0.15, 0.2) is 17.1 Å². The summed E-state index contributed by atoms with van der Waals surface area (Å²) < 4.78 is 0. The lowest BCUT2D eigenvalue weighted by molar-refractivity contribution is 0.726. The lowest BCUT2D eigenvalue weighted by Crippen LogP contribution is -2.17. The molecule has 0 spiro atoms. The molecule has 2 aromatic heterocycles. The number of aromatic nitrogens is 2. The van der Waals surface area contributed by atoms with E-state index in [0.717, 1.165) is 22.0 Å². The minimum Gasteiger partial charge on any atom is -0.328 e. The van der Waals surface area contributed by atoms with Crippen LogP contribution in [-0.4, -0.2) is 16.0 Å². The van der Waals surface area contributed by atoms with Gasteiger partial charge in [-0.05, 0) is 6.92 Å². The van der Waals surface area contributed by atoms with Crippen LogP contribution in [0.2, 0.25) is 0 Å². The van der Waals surface area contributed by atoms with Gasteiger partial charge in [0.25, 0.3) is 0 Å². The Morgan fingerprint density at radius 2 is 2.36 bits per heavy atom. The van der Waals surface area contributed by atoms with Gasteiger partial charge in [0.2, 0.25) is 0 Å². The first-order valence-electron chi connectivity index (χ1n) is 4.34. The Balaban J connectivity index is 2.18. The molecule has 1 unspecified atom stereocenters. The average Bonchev–Trinajstić information content (AvgIpc) is 2.69.